The predicted molar refractivity (Wildman–Crippen MR) is 94.4 cm³/mol. The van der Waals surface area contributed by atoms with E-state index in [0.29, 0.717) is 31.4 Å². The number of hydrogen-bond donors (Lipinski definition) is 2. The van der Waals surface area contributed by atoms with Gasteiger partial charge in [-0.1, -0.05) is 12.1 Å². The maximum absolute atomic E-state index is 12.6. The van der Waals surface area contributed by atoms with Crippen molar-refractivity contribution < 1.29 is 19.5 Å². The molecule has 1 atom stereocenters. The van der Waals surface area contributed by atoms with Crippen LogP contribution >= 0.6 is 0 Å². The number of hydrogen-bond acceptors (Lipinski definition) is 3. The third kappa shape index (κ3) is 5.59. The largest absolute Gasteiger partial charge is 0.481 e. The van der Waals surface area contributed by atoms with E-state index in [1.165, 1.54) is 0 Å². The zero-order valence-electron chi connectivity index (χ0n) is 14.7. The van der Waals surface area contributed by atoms with Crippen molar-refractivity contribution >= 4 is 17.8 Å². The van der Waals surface area contributed by atoms with Gasteiger partial charge in [-0.2, -0.15) is 0 Å². The molecule has 0 saturated carbocycles. The van der Waals surface area contributed by atoms with Crippen LogP contribution in [-0.4, -0.2) is 47.4 Å². The van der Waals surface area contributed by atoms with Gasteiger partial charge in [0.2, 0.25) is 5.91 Å². The predicted octanol–water partition coefficient (Wildman–Crippen LogP) is 2.22. The third-order valence-corrected chi connectivity index (χ3v) is 4.68. The topological polar surface area (TPSA) is 86.7 Å². The van der Waals surface area contributed by atoms with Gasteiger partial charge in [0.05, 0.1) is 0 Å². The zero-order chi connectivity index (χ0) is 18.2. The van der Waals surface area contributed by atoms with Crippen molar-refractivity contribution in [3.63, 3.8) is 0 Å². The van der Waals surface area contributed by atoms with E-state index in [9.17, 15) is 14.4 Å². The van der Waals surface area contributed by atoms with Gasteiger partial charge in [0.25, 0.3) is 5.91 Å². The lowest BCUT2D eigenvalue weighted by Crippen LogP contribution is -2.44. The first-order valence-electron chi connectivity index (χ1n) is 8.83. The number of carbonyl (C=O) groups is 3. The van der Waals surface area contributed by atoms with Crippen LogP contribution in [0.2, 0.25) is 0 Å². The van der Waals surface area contributed by atoms with E-state index in [4.69, 9.17) is 5.11 Å². The molecule has 0 bridgehead atoms. The van der Waals surface area contributed by atoms with Gasteiger partial charge in [0.1, 0.15) is 0 Å². The summed E-state index contributed by atoms with van der Waals surface area (Å²) in [7, 11) is 1.59. The summed E-state index contributed by atoms with van der Waals surface area (Å²) in [6, 6.07) is 7.33. The van der Waals surface area contributed by atoms with Gasteiger partial charge in [-0.05, 0) is 49.8 Å². The number of carboxylic acid groups (broad SMARTS) is 1. The molecule has 2 rings (SSSR count). The first-order chi connectivity index (χ1) is 12.0. The average molecular weight is 346 g/mol. The van der Waals surface area contributed by atoms with Gasteiger partial charge >= 0.3 is 5.97 Å². The van der Waals surface area contributed by atoms with Crippen molar-refractivity contribution in [3.8, 4) is 0 Å². The Bertz CT molecular complexity index is 630. The standard InChI is InChI=1S/C19H26N2O4/c1-20-19(25)15-6-4-5-14(13-15)8-10-17(22)21-12-3-2-7-16(21)9-11-18(23)24/h4-6,13,16H,2-3,7-12H2,1H3,(H,20,25)(H,23,24). The van der Waals surface area contributed by atoms with Crippen LogP contribution in [0.5, 0.6) is 0 Å². The Balaban J connectivity index is 1.93. The molecule has 1 unspecified atom stereocenters. The molecule has 25 heavy (non-hydrogen) atoms. The molecule has 6 nitrogen and oxygen atoms in total. The minimum absolute atomic E-state index is 0.0366. The van der Waals surface area contributed by atoms with E-state index in [1.54, 1.807) is 13.1 Å². The van der Waals surface area contributed by atoms with Gasteiger partial charge in [-0.25, -0.2) is 0 Å². The SMILES string of the molecule is CNC(=O)c1cccc(CCC(=O)N2CCCCC2CCC(=O)O)c1. The van der Waals surface area contributed by atoms with Crippen molar-refractivity contribution in [2.45, 2.75) is 51.0 Å². The number of nitrogens with one attached hydrogen (secondary N) is 1. The normalized spacial score (nSPS) is 17.2. The number of carboxylic acids is 1. The molecule has 0 spiro atoms. The molecule has 1 aliphatic rings. The number of likely N-dealkylation sites (tertiary alicyclic amines) is 1. The van der Waals surface area contributed by atoms with Gasteiger partial charge in [-0.15, -0.1) is 0 Å². The summed E-state index contributed by atoms with van der Waals surface area (Å²) in [6.45, 7) is 0.710. The first-order valence-corrected chi connectivity index (χ1v) is 8.83. The van der Waals surface area contributed by atoms with Crippen molar-refractivity contribution in [3.05, 3.63) is 35.4 Å². The molecule has 1 aliphatic heterocycles. The third-order valence-electron chi connectivity index (χ3n) is 4.68. The molecule has 1 aromatic rings. The highest BCUT2D eigenvalue weighted by Crippen LogP contribution is 2.22. The molecule has 1 fully saturated rings. The molecular weight excluding hydrogens is 320 g/mol. The van der Waals surface area contributed by atoms with Crippen molar-refractivity contribution in [2.75, 3.05) is 13.6 Å². The molecule has 2 amide bonds. The van der Waals surface area contributed by atoms with E-state index in [-0.39, 0.29) is 24.3 Å². The number of carbonyl (C=O) groups excluding carboxylic acids is 2. The van der Waals surface area contributed by atoms with Crippen LogP contribution in [0, 0.1) is 0 Å². The molecule has 1 heterocycles. The Labute approximate surface area is 148 Å². The van der Waals surface area contributed by atoms with Crippen LogP contribution in [0.3, 0.4) is 0 Å². The number of amides is 2. The zero-order valence-corrected chi connectivity index (χ0v) is 14.7. The van der Waals surface area contributed by atoms with Gasteiger partial charge in [0.15, 0.2) is 0 Å². The van der Waals surface area contributed by atoms with E-state index in [1.807, 2.05) is 23.1 Å². The van der Waals surface area contributed by atoms with Crippen LogP contribution in [0.4, 0.5) is 0 Å². The van der Waals surface area contributed by atoms with Crippen molar-refractivity contribution in [1.29, 1.82) is 0 Å². The number of aliphatic carboxylic acids is 1. The van der Waals surface area contributed by atoms with E-state index in [2.05, 4.69) is 5.32 Å². The molecule has 0 aromatic heterocycles. The van der Waals surface area contributed by atoms with Gasteiger partial charge in [-0.3, -0.25) is 14.4 Å². The second-order valence-corrected chi connectivity index (χ2v) is 6.45. The summed E-state index contributed by atoms with van der Waals surface area (Å²) in [6.07, 6.45) is 4.47. The Morgan fingerprint density at radius 3 is 2.76 bits per heavy atom. The van der Waals surface area contributed by atoms with Crippen LogP contribution in [0.15, 0.2) is 24.3 Å². The Kier molecular flexibility index (Phi) is 6.98. The summed E-state index contributed by atoms with van der Waals surface area (Å²) in [4.78, 5) is 36.9. The van der Waals surface area contributed by atoms with E-state index >= 15 is 0 Å². The number of benzene rings is 1. The van der Waals surface area contributed by atoms with E-state index in [0.717, 1.165) is 24.8 Å². The van der Waals surface area contributed by atoms with Crippen LogP contribution in [-0.2, 0) is 16.0 Å². The molecule has 1 aromatic carbocycles. The smallest absolute Gasteiger partial charge is 0.303 e. The quantitative estimate of drug-likeness (QED) is 0.792. The van der Waals surface area contributed by atoms with Crippen molar-refractivity contribution in [1.82, 2.24) is 10.2 Å². The lowest BCUT2D eigenvalue weighted by Gasteiger charge is -2.35. The lowest BCUT2D eigenvalue weighted by atomic mass is 9.97. The summed E-state index contributed by atoms with van der Waals surface area (Å²) in [5.74, 6) is -0.887. The highest BCUT2D eigenvalue weighted by Gasteiger charge is 2.26. The fraction of sp³-hybridized carbons (Fsp3) is 0.526. The van der Waals surface area contributed by atoms with E-state index < -0.39 is 5.97 Å². The number of rotatable bonds is 7. The summed E-state index contributed by atoms with van der Waals surface area (Å²) in [5, 5.41) is 11.5. The molecular formula is C19H26N2O4. The molecule has 136 valence electrons. The maximum Gasteiger partial charge on any atom is 0.303 e. The highest BCUT2D eigenvalue weighted by atomic mass is 16.4. The second kappa shape index (κ2) is 9.20. The highest BCUT2D eigenvalue weighted by molar-refractivity contribution is 5.94. The Morgan fingerprint density at radius 1 is 1.24 bits per heavy atom. The fourth-order valence-electron chi connectivity index (χ4n) is 3.33. The molecule has 1 saturated heterocycles. The first kappa shape index (κ1) is 19.0. The molecule has 6 heteroatoms. The summed E-state index contributed by atoms with van der Waals surface area (Å²) >= 11 is 0. The number of nitrogens with zero attached hydrogens (tertiary/aromatic N) is 1. The minimum atomic E-state index is -0.816. The Hall–Kier alpha value is -2.37. The van der Waals surface area contributed by atoms with Gasteiger partial charge in [0, 0.05) is 38.0 Å². The average Bonchev–Trinajstić information content (AvgIpc) is 2.64. The summed E-state index contributed by atoms with van der Waals surface area (Å²) < 4.78 is 0. The molecule has 0 aliphatic carbocycles. The summed E-state index contributed by atoms with van der Waals surface area (Å²) in [5.41, 5.74) is 1.54. The molecule has 2 N–H and O–H groups in total. The van der Waals surface area contributed by atoms with Crippen LogP contribution < -0.4 is 5.32 Å². The van der Waals surface area contributed by atoms with Gasteiger partial charge < -0.3 is 15.3 Å². The Morgan fingerprint density at radius 2 is 2.04 bits per heavy atom. The maximum atomic E-state index is 12.6. The monoisotopic (exact) mass is 346 g/mol. The number of piperidine rings is 1. The second-order valence-electron chi connectivity index (χ2n) is 6.45. The molecule has 0 radical (unpaired) electrons. The fourth-order valence-corrected chi connectivity index (χ4v) is 3.33. The number of aryl methyl sites for hydroxylation is 1. The minimum Gasteiger partial charge on any atom is -0.481 e. The van der Waals surface area contributed by atoms with Crippen LogP contribution in [0.1, 0.15) is 54.4 Å². The van der Waals surface area contributed by atoms with Crippen LogP contribution in [0.25, 0.3) is 0 Å². The lowest BCUT2D eigenvalue weighted by molar-refractivity contribution is -0.140. The van der Waals surface area contributed by atoms with Crippen molar-refractivity contribution in [2.24, 2.45) is 0 Å².